The molecule has 2 aliphatic rings. The van der Waals surface area contributed by atoms with E-state index in [1.807, 2.05) is 39.8 Å². The quantitative estimate of drug-likeness (QED) is 0.132. The number of aryl methyl sites for hydroxylation is 5. The van der Waals surface area contributed by atoms with E-state index in [4.69, 9.17) is 0 Å². The number of nitrogens with one attached hydrogen (secondary N) is 2. The van der Waals surface area contributed by atoms with Crippen molar-refractivity contribution in [3.8, 4) is 0 Å². The van der Waals surface area contributed by atoms with E-state index in [1.165, 1.54) is 36.4 Å². The predicted octanol–water partition coefficient (Wildman–Crippen LogP) is 6.98. The second kappa shape index (κ2) is 15.1. The fraction of sp³-hybridized carbons (Fsp3) is 0.325. The molecule has 3 N–H and O–H groups in total. The molecule has 3 heterocycles. The van der Waals surface area contributed by atoms with E-state index >= 15 is 0 Å². The van der Waals surface area contributed by atoms with Crippen LogP contribution in [-0.4, -0.2) is 48.4 Å². The maximum Gasteiger partial charge on any atom is 0.307 e. The molecule has 0 bridgehead atoms. The summed E-state index contributed by atoms with van der Waals surface area (Å²) in [6, 6.07) is 15.3. The molecular formula is C40H40F3N7O3. The number of aromatic nitrogens is 5. The summed E-state index contributed by atoms with van der Waals surface area (Å²) in [6.07, 6.45) is 6.99. The number of carboxylic acid groups (broad SMARTS) is 1. The minimum atomic E-state index is -0.814. The van der Waals surface area contributed by atoms with E-state index in [-0.39, 0.29) is 29.3 Å². The zero-order chi connectivity index (χ0) is 37.9. The Hall–Kier alpha value is -5.72. The molecule has 0 radical (unpaired) electrons. The smallest absolute Gasteiger partial charge is 0.307 e. The molecule has 53 heavy (non-hydrogen) atoms. The van der Waals surface area contributed by atoms with Gasteiger partial charge in [0.1, 0.15) is 34.9 Å². The van der Waals surface area contributed by atoms with E-state index in [9.17, 15) is 27.9 Å². The van der Waals surface area contributed by atoms with Crippen molar-refractivity contribution in [1.82, 2.24) is 24.9 Å². The van der Waals surface area contributed by atoms with Gasteiger partial charge in [-0.2, -0.15) is 0 Å². The van der Waals surface area contributed by atoms with Crippen molar-refractivity contribution in [1.29, 1.82) is 0 Å². The number of amides is 1. The maximum absolute atomic E-state index is 13.9. The van der Waals surface area contributed by atoms with Gasteiger partial charge in [-0.05, 0) is 106 Å². The van der Waals surface area contributed by atoms with Gasteiger partial charge in [-0.25, -0.2) is 38.1 Å². The molecule has 0 saturated heterocycles. The highest BCUT2D eigenvalue weighted by Crippen LogP contribution is 2.58. The number of rotatable bonds is 11. The van der Waals surface area contributed by atoms with E-state index in [0.29, 0.717) is 38.1 Å². The monoisotopic (exact) mass is 723 g/mol. The third-order valence-electron chi connectivity index (χ3n) is 10.3. The first-order valence-electron chi connectivity index (χ1n) is 17.3. The highest BCUT2D eigenvalue weighted by atomic mass is 19.1. The number of hydrogen-bond donors (Lipinski definition) is 3. The lowest BCUT2D eigenvalue weighted by atomic mass is 9.87. The molecule has 4 atom stereocenters. The Morgan fingerprint density at radius 3 is 1.94 bits per heavy atom. The second-order valence-electron chi connectivity index (χ2n) is 13.8. The van der Waals surface area contributed by atoms with Gasteiger partial charge in [-0.1, -0.05) is 24.3 Å². The van der Waals surface area contributed by atoms with Gasteiger partial charge in [0, 0.05) is 29.3 Å². The fourth-order valence-electron chi connectivity index (χ4n) is 7.11. The molecule has 2 aliphatic carbocycles. The third kappa shape index (κ3) is 8.34. The van der Waals surface area contributed by atoms with Crippen LogP contribution in [0.1, 0.15) is 59.0 Å². The zero-order valence-electron chi connectivity index (χ0n) is 29.8. The highest BCUT2D eigenvalue weighted by Gasteiger charge is 2.60. The summed E-state index contributed by atoms with van der Waals surface area (Å²) in [5, 5.41) is 15.4. The number of hydrogen-bond acceptors (Lipinski definition) is 8. The number of aliphatic carboxylic acids is 1. The Morgan fingerprint density at radius 2 is 1.38 bits per heavy atom. The second-order valence-corrected chi connectivity index (χ2v) is 13.8. The average Bonchev–Trinajstić information content (AvgIpc) is 4.04. The van der Waals surface area contributed by atoms with Crippen molar-refractivity contribution < 1.29 is 27.9 Å². The van der Waals surface area contributed by atoms with Crippen LogP contribution in [0.3, 0.4) is 0 Å². The molecule has 2 saturated carbocycles. The van der Waals surface area contributed by atoms with Crippen LogP contribution in [0.5, 0.6) is 0 Å². The van der Waals surface area contributed by atoms with Gasteiger partial charge in [-0.3, -0.25) is 9.59 Å². The Labute approximate surface area is 305 Å². The van der Waals surface area contributed by atoms with Crippen molar-refractivity contribution in [2.45, 2.75) is 64.2 Å². The Balaban J connectivity index is 0.000000188. The van der Waals surface area contributed by atoms with Crippen LogP contribution < -0.4 is 10.6 Å². The predicted molar refractivity (Wildman–Crippen MR) is 193 cm³/mol. The van der Waals surface area contributed by atoms with Gasteiger partial charge < -0.3 is 15.7 Å². The first-order valence-corrected chi connectivity index (χ1v) is 17.3. The van der Waals surface area contributed by atoms with Crippen LogP contribution in [0.15, 0.2) is 79.3 Å². The summed E-state index contributed by atoms with van der Waals surface area (Å²) in [5.74, 6) is -1.37. The third-order valence-corrected chi connectivity index (χ3v) is 10.3. The molecule has 274 valence electrons. The summed E-state index contributed by atoms with van der Waals surface area (Å²) in [7, 11) is 0. The highest BCUT2D eigenvalue weighted by molar-refractivity contribution is 5.95. The fourth-order valence-corrected chi connectivity index (χ4v) is 7.11. The lowest BCUT2D eigenvalue weighted by Gasteiger charge is -2.20. The van der Waals surface area contributed by atoms with Crippen LogP contribution in [0.4, 0.5) is 24.7 Å². The number of benzene rings is 2. The molecule has 0 unspecified atom stereocenters. The van der Waals surface area contributed by atoms with Gasteiger partial charge in [0.15, 0.2) is 0 Å². The molecule has 10 nitrogen and oxygen atoms in total. The first-order chi connectivity index (χ1) is 25.3. The molecule has 13 heteroatoms. The molecule has 5 aromatic rings. The normalized spacial score (nSPS) is 21.2. The molecular weight excluding hydrogens is 683 g/mol. The van der Waals surface area contributed by atoms with E-state index in [0.717, 1.165) is 45.8 Å². The van der Waals surface area contributed by atoms with Gasteiger partial charge >= 0.3 is 5.97 Å². The zero-order valence-corrected chi connectivity index (χ0v) is 29.8. The van der Waals surface area contributed by atoms with E-state index in [1.54, 1.807) is 24.5 Å². The number of pyridine rings is 1. The van der Waals surface area contributed by atoms with Crippen LogP contribution in [0, 0.1) is 57.0 Å². The van der Waals surface area contributed by atoms with Crippen LogP contribution in [0.25, 0.3) is 0 Å². The largest absolute Gasteiger partial charge is 0.481 e. The number of carboxylic acids is 1. The summed E-state index contributed by atoms with van der Waals surface area (Å²) < 4.78 is 40.5. The lowest BCUT2D eigenvalue weighted by molar-refractivity contribution is -0.139. The molecule has 7 rings (SSSR count). The maximum atomic E-state index is 13.9. The van der Waals surface area contributed by atoms with Crippen LogP contribution >= 0.6 is 0 Å². The number of carbonyl (C=O) groups is 2. The lowest BCUT2D eigenvalue weighted by Crippen LogP contribution is -2.28. The summed E-state index contributed by atoms with van der Waals surface area (Å²) in [6.45, 7) is 7.88. The van der Waals surface area contributed by atoms with Crippen molar-refractivity contribution in [3.05, 3.63) is 136 Å². The summed E-state index contributed by atoms with van der Waals surface area (Å²) in [5.41, 5.74) is 3.96. The SMILES string of the molecule is Cc1ncc(CC[C@@]2(c3cccc(F)c3)C[C@H]2C(=O)O)c(C)n1.Cc1ncc(NC[C@@]2(c3cccc(F)c3)C[C@H]2C(=O)Nc2ccc(F)cn2)c(C)n1. The minimum Gasteiger partial charge on any atom is -0.481 e. The van der Waals surface area contributed by atoms with Gasteiger partial charge in [-0.15, -0.1) is 0 Å². The first kappa shape index (κ1) is 37.1. The van der Waals surface area contributed by atoms with Gasteiger partial charge in [0.25, 0.3) is 0 Å². The molecule has 0 spiro atoms. The molecule has 3 aromatic heterocycles. The molecule has 2 aromatic carbocycles. The van der Waals surface area contributed by atoms with Crippen molar-refractivity contribution in [2.24, 2.45) is 11.8 Å². The molecule has 2 fully saturated rings. The molecule has 0 aliphatic heterocycles. The Morgan fingerprint density at radius 1 is 0.755 bits per heavy atom. The van der Waals surface area contributed by atoms with E-state index in [2.05, 4.69) is 35.6 Å². The van der Waals surface area contributed by atoms with Gasteiger partial charge in [0.05, 0.1) is 35.6 Å². The number of anilines is 2. The standard InChI is InChI=1S/C22H21F2N5O.C18H19FN2O2/c1-13-19(11-25-14(2)28-13)27-12-22(15-4-3-5-16(23)8-15)9-18(22)21(30)29-20-7-6-17(24)10-26-20;1-11-13(10-20-12(2)21-11)6-7-18(9-16(18)17(22)23)14-4-3-5-15(19)8-14/h3-8,10-11,18,27H,9,12H2,1-2H3,(H,26,29,30);3-5,8,10,16H,6-7,9H2,1-2H3,(H,22,23)/t18-,22+;16-,18-/m00/s1. The van der Waals surface area contributed by atoms with Crippen LogP contribution in [0.2, 0.25) is 0 Å². The summed E-state index contributed by atoms with van der Waals surface area (Å²) in [4.78, 5) is 45.3. The average molecular weight is 724 g/mol. The van der Waals surface area contributed by atoms with Crippen molar-refractivity contribution in [2.75, 3.05) is 17.2 Å². The topological polar surface area (TPSA) is 143 Å². The van der Waals surface area contributed by atoms with Gasteiger partial charge in [0.2, 0.25) is 5.91 Å². The number of carbonyl (C=O) groups excluding carboxylic acids is 1. The summed E-state index contributed by atoms with van der Waals surface area (Å²) >= 11 is 0. The molecule has 1 amide bonds. The van der Waals surface area contributed by atoms with Crippen LogP contribution in [-0.2, 0) is 26.8 Å². The Kier molecular flexibility index (Phi) is 10.6. The minimum absolute atomic E-state index is 0.239. The van der Waals surface area contributed by atoms with E-state index < -0.39 is 28.5 Å². The number of nitrogens with zero attached hydrogens (tertiary/aromatic N) is 5. The Bertz CT molecular complexity index is 2150. The number of halogens is 3. The van der Waals surface area contributed by atoms with Crippen molar-refractivity contribution in [3.63, 3.8) is 0 Å². The van der Waals surface area contributed by atoms with Crippen molar-refractivity contribution >= 4 is 23.4 Å².